The van der Waals surface area contributed by atoms with E-state index in [9.17, 15) is 24.0 Å². The van der Waals surface area contributed by atoms with Crippen molar-refractivity contribution < 1.29 is 28.7 Å². The fourth-order valence-corrected chi connectivity index (χ4v) is 10.8. The third-order valence-corrected chi connectivity index (χ3v) is 14.4. The molecule has 16 nitrogen and oxygen atoms in total. The number of benzene rings is 3. The molecule has 4 aromatic rings. The summed E-state index contributed by atoms with van der Waals surface area (Å²) in [7, 11) is 0. The van der Waals surface area contributed by atoms with Crippen molar-refractivity contribution in [2.24, 2.45) is 11.7 Å². The molecule has 3 aromatic carbocycles. The molecule has 334 valence electrons. The molecule has 0 saturated carbocycles. The van der Waals surface area contributed by atoms with E-state index in [1.165, 1.54) is 12.8 Å². The van der Waals surface area contributed by atoms with Crippen LogP contribution < -0.4 is 26.0 Å². The Labute approximate surface area is 372 Å². The summed E-state index contributed by atoms with van der Waals surface area (Å²) >= 11 is 0. The Morgan fingerprint density at radius 3 is 2.12 bits per heavy atom. The van der Waals surface area contributed by atoms with E-state index in [-0.39, 0.29) is 24.8 Å². The number of ether oxygens (including phenoxy) is 1. The Hall–Kier alpha value is -6.10. The highest BCUT2D eigenvalue weighted by Gasteiger charge is 2.45. The number of hydrogen-bond acceptors (Lipinski definition) is 12. The van der Waals surface area contributed by atoms with Gasteiger partial charge in [-0.15, -0.1) is 0 Å². The van der Waals surface area contributed by atoms with Gasteiger partial charge in [0.2, 0.25) is 11.8 Å². The van der Waals surface area contributed by atoms with Crippen molar-refractivity contribution >= 4 is 41.0 Å². The van der Waals surface area contributed by atoms with Gasteiger partial charge in [0.05, 0.1) is 17.2 Å². The quantitative estimate of drug-likeness (QED) is 0.184. The summed E-state index contributed by atoms with van der Waals surface area (Å²) in [5.41, 5.74) is 9.42. The first-order chi connectivity index (χ1) is 31.2. The van der Waals surface area contributed by atoms with Crippen molar-refractivity contribution in [2.45, 2.75) is 63.1 Å². The molecule has 7 heterocycles. The van der Waals surface area contributed by atoms with E-state index in [0.717, 1.165) is 119 Å². The lowest BCUT2D eigenvalue weighted by Crippen LogP contribution is -2.54. The largest absolute Gasteiger partial charge is 0.457 e. The predicted octanol–water partition coefficient (Wildman–Crippen LogP) is 4.20. The van der Waals surface area contributed by atoms with Crippen molar-refractivity contribution in [1.82, 2.24) is 34.7 Å². The molecular formula is C48H56N10O6. The molecule has 6 aliphatic heterocycles. The zero-order chi connectivity index (χ0) is 43.9. The van der Waals surface area contributed by atoms with Gasteiger partial charge in [-0.05, 0) is 125 Å². The Morgan fingerprint density at radius 1 is 0.734 bits per heavy atom. The molecule has 16 heteroatoms. The van der Waals surface area contributed by atoms with Crippen LogP contribution in [0.1, 0.15) is 82.1 Å². The maximum atomic E-state index is 13.4. The number of fused-ring (bicyclic) bond motifs is 2. The fraction of sp³-hybridized carbons (Fsp3) is 0.458. The molecule has 0 bridgehead atoms. The van der Waals surface area contributed by atoms with E-state index in [0.29, 0.717) is 40.1 Å². The highest BCUT2D eigenvalue weighted by molar-refractivity contribution is 6.23. The van der Waals surface area contributed by atoms with E-state index in [2.05, 4.69) is 34.9 Å². The number of amides is 5. The van der Waals surface area contributed by atoms with Crippen LogP contribution in [0.15, 0.2) is 72.8 Å². The number of piperazine rings is 1. The topological polar surface area (TPSA) is 179 Å². The number of rotatable bonds is 11. The van der Waals surface area contributed by atoms with Gasteiger partial charge < -0.3 is 30.5 Å². The molecule has 1 aromatic heterocycles. The molecule has 4 N–H and O–H groups in total. The Morgan fingerprint density at radius 2 is 1.42 bits per heavy atom. The predicted molar refractivity (Wildman–Crippen MR) is 240 cm³/mol. The van der Waals surface area contributed by atoms with Crippen molar-refractivity contribution in [3.63, 3.8) is 0 Å². The van der Waals surface area contributed by atoms with Gasteiger partial charge in [0.1, 0.15) is 34.6 Å². The summed E-state index contributed by atoms with van der Waals surface area (Å²) in [5.74, 6) is 0.256. The zero-order valence-electron chi connectivity index (χ0n) is 36.1. The van der Waals surface area contributed by atoms with Gasteiger partial charge in [0, 0.05) is 69.5 Å². The number of aromatic nitrogens is 2. The molecule has 0 spiro atoms. The van der Waals surface area contributed by atoms with E-state index in [1.54, 1.807) is 12.1 Å². The third-order valence-electron chi connectivity index (χ3n) is 14.4. The van der Waals surface area contributed by atoms with Gasteiger partial charge in [-0.1, -0.05) is 18.2 Å². The third kappa shape index (κ3) is 8.25. The number of para-hydroxylation sites is 1. The van der Waals surface area contributed by atoms with Crippen LogP contribution in [0.2, 0.25) is 0 Å². The monoisotopic (exact) mass is 868 g/mol. The number of hydrogen-bond donors (Lipinski definition) is 3. The molecule has 10 rings (SSSR count). The van der Waals surface area contributed by atoms with Crippen LogP contribution in [0.25, 0.3) is 11.3 Å². The average molecular weight is 869 g/mol. The highest BCUT2D eigenvalue weighted by atomic mass is 16.5. The van der Waals surface area contributed by atoms with Crippen LogP contribution in [-0.2, 0) is 9.59 Å². The highest BCUT2D eigenvalue weighted by Crippen LogP contribution is 2.41. The van der Waals surface area contributed by atoms with Gasteiger partial charge in [0.15, 0.2) is 0 Å². The number of likely N-dealkylation sites (tertiary alicyclic amines) is 2. The standard InChI is InChI=1S/C48H56N10O6/c49-44(60)42-43(32-6-9-36(10-7-32)64-35-4-2-1-3-5-35)52-58-39(14-19-50-45(42)58)31-15-22-55(23-16-31)33-17-20-53(21-18-33)24-25-54-26-28-56(29-27-54)34-8-11-37-38(30-34)48(63)57(47(37)62)40-12-13-41(59)51-46(40)61/h1-11,30-31,33,39-40,50H,12-29H2,(H2,49,60)(H,51,59,61). The zero-order valence-corrected chi connectivity index (χ0v) is 36.1. The maximum Gasteiger partial charge on any atom is 0.262 e. The van der Waals surface area contributed by atoms with Crippen molar-refractivity contribution in [3.8, 4) is 22.8 Å². The number of nitrogens with one attached hydrogen (secondary N) is 2. The molecule has 2 unspecified atom stereocenters. The maximum absolute atomic E-state index is 13.4. The first kappa shape index (κ1) is 41.9. The molecular weight excluding hydrogens is 813 g/mol. The molecule has 4 saturated heterocycles. The number of piperidine rings is 3. The number of anilines is 2. The van der Waals surface area contributed by atoms with Gasteiger partial charge in [-0.25, -0.2) is 4.68 Å². The molecule has 64 heavy (non-hydrogen) atoms. The van der Waals surface area contributed by atoms with Crippen molar-refractivity contribution in [3.05, 3.63) is 89.5 Å². The Bertz CT molecular complexity index is 2420. The van der Waals surface area contributed by atoms with Crippen LogP contribution in [0.3, 0.4) is 0 Å². The van der Waals surface area contributed by atoms with Crippen molar-refractivity contribution in [2.75, 3.05) is 82.2 Å². The first-order valence-electron chi connectivity index (χ1n) is 23.0. The summed E-state index contributed by atoms with van der Waals surface area (Å²) in [4.78, 5) is 74.7. The number of carbonyl (C=O) groups excluding carboxylic acids is 5. The lowest BCUT2D eigenvalue weighted by Gasteiger charge is -2.44. The number of imide groups is 2. The van der Waals surface area contributed by atoms with E-state index >= 15 is 0 Å². The average Bonchev–Trinajstić information content (AvgIpc) is 3.84. The minimum atomic E-state index is -0.965. The van der Waals surface area contributed by atoms with Gasteiger partial charge >= 0.3 is 0 Å². The lowest BCUT2D eigenvalue weighted by atomic mass is 9.85. The van der Waals surface area contributed by atoms with Crippen molar-refractivity contribution in [1.29, 1.82) is 0 Å². The summed E-state index contributed by atoms with van der Waals surface area (Å²) in [6.07, 6.45) is 5.75. The molecule has 4 fully saturated rings. The minimum Gasteiger partial charge on any atom is -0.457 e. The summed E-state index contributed by atoms with van der Waals surface area (Å²) < 4.78 is 8.06. The molecule has 5 amide bonds. The first-order valence-corrected chi connectivity index (χ1v) is 23.0. The Balaban J connectivity index is 0.678. The molecule has 2 atom stereocenters. The lowest BCUT2D eigenvalue weighted by molar-refractivity contribution is -0.136. The molecule has 0 radical (unpaired) electrons. The SMILES string of the molecule is NC(=O)c1c(-c2ccc(Oc3ccccc3)cc2)nn2c1NCCC2C1CCN(C2CCN(CCN3CCN(c4ccc5c(c4)C(=O)N(C4CCC(=O)NC4=O)C5=O)CC3)CC2)CC1. The second-order valence-electron chi connectivity index (χ2n) is 18.1. The molecule has 6 aliphatic rings. The Kier molecular flexibility index (Phi) is 11.7. The normalized spacial score (nSPS) is 22.9. The van der Waals surface area contributed by atoms with Crippen LogP contribution in [0.4, 0.5) is 11.5 Å². The molecule has 0 aliphatic carbocycles. The number of carbonyl (C=O) groups is 5. The van der Waals surface area contributed by atoms with Crippen LogP contribution in [0, 0.1) is 5.92 Å². The number of nitrogens with two attached hydrogens (primary N) is 1. The summed E-state index contributed by atoms with van der Waals surface area (Å²) in [6.45, 7) is 10.7. The van der Waals surface area contributed by atoms with Crippen LogP contribution in [0.5, 0.6) is 11.5 Å². The van der Waals surface area contributed by atoms with Crippen LogP contribution in [-0.4, -0.2) is 143 Å². The van der Waals surface area contributed by atoms with Gasteiger partial charge in [-0.3, -0.25) is 39.1 Å². The van der Waals surface area contributed by atoms with Gasteiger partial charge in [-0.2, -0.15) is 5.10 Å². The van der Waals surface area contributed by atoms with Gasteiger partial charge in [0.25, 0.3) is 17.7 Å². The second-order valence-corrected chi connectivity index (χ2v) is 18.1. The number of nitrogens with zero attached hydrogens (tertiary/aromatic N) is 7. The summed E-state index contributed by atoms with van der Waals surface area (Å²) in [6, 6.07) is 22.5. The minimum absolute atomic E-state index is 0.0987. The number of primary amides is 1. The van der Waals surface area contributed by atoms with Crippen LogP contribution >= 0.6 is 0 Å². The van der Waals surface area contributed by atoms with E-state index < -0.39 is 29.7 Å². The second kappa shape index (κ2) is 17.8. The smallest absolute Gasteiger partial charge is 0.262 e. The van der Waals surface area contributed by atoms with E-state index in [4.69, 9.17) is 15.6 Å². The fourth-order valence-electron chi connectivity index (χ4n) is 10.8. The van der Waals surface area contributed by atoms with E-state index in [1.807, 2.05) is 60.7 Å². The summed E-state index contributed by atoms with van der Waals surface area (Å²) in [5, 5.41) is 10.8.